The molecular weight excluding hydrogens is 611 g/mol. The second-order valence-corrected chi connectivity index (χ2v) is 14.7. The number of ether oxygens (including phenoxy) is 2. The summed E-state index contributed by atoms with van der Waals surface area (Å²) in [4.78, 5) is 63.4. The molecule has 0 saturated carbocycles. The van der Waals surface area contributed by atoms with E-state index >= 15 is 4.57 Å². The Kier molecular flexibility index (Phi) is 11.8. The van der Waals surface area contributed by atoms with Crippen molar-refractivity contribution in [3.8, 4) is 0 Å². The second-order valence-electron chi connectivity index (χ2n) is 11.8. The van der Waals surface area contributed by atoms with Crippen LogP contribution in [0.25, 0.3) is 0 Å². The van der Waals surface area contributed by atoms with Gasteiger partial charge in [-0.1, -0.05) is 48.5 Å². The smallest absolute Gasteiger partial charge is 0.328 e. The SMILES string of the molecule is COC(=O)[C@H](Cc1ccc(P(=O)(c2ccc(C[C@H](NC(C)=O)C(=O)OC)cc2)C2CCCN2C(=O)[C@@H]2CCCN2)cc1)NC(C)=O. The molecule has 2 aliphatic rings. The van der Waals surface area contributed by atoms with Crippen LogP contribution in [-0.4, -0.2) is 85.8 Å². The molecule has 2 aromatic carbocycles. The molecule has 2 fully saturated rings. The van der Waals surface area contributed by atoms with E-state index in [0.29, 0.717) is 23.6 Å². The summed E-state index contributed by atoms with van der Waals surface area (Å²) in [6.07, 6.45) is 3.30. The normalized spacial score (nSPS) is 19.2. The van der Waals surface area contributed by atoms with Crippen LogP contribution < -0.4 is 26.6 Å². The largest absolute Gasteiger partial charge is 0.467 e. The number of hydrogen-bond acceptors (Lipinski definition) is 9. The third kappa shape index (κ3) is 8.03. The van der Waals surface area contributed by atoms with Crippen LogP contribution >= 0.6 is 7.14 Å². The van der Waals surface area contributed by atoms with E-state index in [9.17, 15) is 24.0 Å². The first-order chi connectivity index (χ1) is 22.0. The zero-order valence-corrected chi connectivity index (χ0v) is 27.6. The van der Waals surface area contributed by atoms with E-state index in [1.807, 2.05) is 0 Å². The van der Waals surface area contributed by atoms with Crippen molar-refractivity contribution in [2.45, 2.75) is 76.3 Å². The number of nitrogens with zero attached hydrogens (tertiary/aromatic N) is 1. The minimum absolute atomic E-state index is 0.0408. The molecule has 2 aromatic rings. The van der Waals surface area contributed by atoms with Crippen LogP contribution in [0.4, 0.5) is 0 Å². The molecule has 12 nitrogen and oxygen atoms in total. The number of methoxy groups -OCH3 is 2. The molecule has 2 heterocycles. The fraction of sp³-hybridized carbons (Fsp3) is 0.485. The number of benzene rings is 2. The van der Waals surface area contributed by atoms with Crippen LogP contribution in [0.3, 0.4) is 0 Å². The number of esters is 2. The molecule has 248 valence electrons. The number of likely N-dealkylation sites (tertiary alicyclic amines) is 1. The Bertz CT molecular complexity index is 1390. The third-order valence-corrected chi connectivity index (χ3v) is 12.0. The van der Waals surface area contributed by atoms with Crippen molar-refractivity contribution < 1.29 is 38.0 Å². The highest BCUT2D eigenvalue weighted by atomic mass is 31.2. The van der Waals surface area contributed by atoms with E-state index in [0.717, 1.165) is 36.9 Å². The highest BCUT2D eigenvalue weighted by Gasteiger charge is 2.46. The predicted octanol–water partition coefficient (Wildman–Crippen LogP) is 1.14. The number of nitrogens with one attached hydrogen (secondary N) is 3. The summed E-state index contributed by atoms with van der Waals surface area (Å²) in [5, 5.41) is 9.62. The topological polar surface area (TPSA) is 160 Å². The zero-order valence-electron chi connectivity index (χ0n) is 26.7. The van der Waals surface area contributed by atoms with E-state index in [1.165, 1.54) is 28.1 Å². The summed E-state index contributed by atoms with van der Waals surface area (Å²) >= 11 is 0. The van der Waals surface area contributed by atoms with Gasteiger partial charge in [0.05, 0.1) is 26.0 Å². The lowest BCUT2D eigenvalue weighted by Crippen LogP contribution is -2.47. The van der Waals surface area contributed by atoms with Crippen molar-refractivity contribution in [2.75, 3.05) is 27.3 Å². The first-order valence-corrected chi connectivity index (χ1v) is 17.3. The van der Waals surface area contributed by atoms with Crippen molar-refractivity contribution in [2.24, 2.45) is 0 Å². The monoisotopic (exact) mass is 654 g/mol. The second kappa shape index (κ2) is 15.5. The van der Waals surface area contributed by atoms with Crippen molar-refractivity contribution in [3.05, 3.63) is 59.7 Å². The van der Waals surface area contributed by atoms with Crippen LogP contribution in [0.2, 0.25) is 0 Å². The van der Waals surface area contributed by atoms with Gasteiger partial charge in [0.1, 0.15) is 12.1 Å². The number of hydrogen-bond donors (Lipinski definition) is 3. The summed E-state index contributed by atoms with van der Waals surface area (Å²) in [6.45, 7) is 3.93. The fourth-order valence-electron chi connectivity index (χ4n) is 6.31. The van der Waals surface area contributed by atoms with Gasteiger partial charge in [0, 0.05) is 43.8 Å². The van der Waals surface area contributed by atoms with Gasteiger partial charge >= 0.3 is 11.9 Å². The van der Waals surface area contributed by atoms with Gasteiger partial charge in [-0.2, -0.15) is 0 Å². The fourth-order valence-corrected chi connectivity index (χ4v) is 9.65. The maximum absolute atomic E-state index is 15.5. The lowest BCUT2D eigenvalue weighted by molar-refractivity contribution is -0.145. The Morgan fingerprint density at radius 2 is 1.28 bits per heavy atom. The number of rotatable bonds is 12. The molecule has 3 amide bonds. The van der Waals surface area contributed by atoms with Crippen molar-refractivity contribution in [3.63, 3.8) is 0 Å². The average Bonchev–Trinajstić information content (AvgIpc) is 3.77. The number of carbonyl (C=O) groups excluding carboxylic acids is 5. The summed E-state index contributed by atoms with van der Waals surface area (Å²) in [5.74, 6) is -2.46. The molecule has 4 rings (SSSR count). The average molecular weight is 655 g/mol. The predicted molar refractivity (Wildman–Crippen MR) is 172 cm³/mol. The summed E-state index contributed by atoms with van der Waals surface area (Å²) < 4.78 is 25.2. The summed E-state index contributed by atoms with van der Waals surface area (Å²) in [7, 11) is -0.957. The zero-order chi connectivity index (χ0) is 33.4. The minimum Gasteiger partial charge on any atom is -0.467 e. The van der Waals surface area contributed by atoms with E-state index in [2.05, 4.69) is 16.0 Å². The Balaban J connectivity index is 1.70. The van der Waals surface area contributed by atoms with Gasteiger partial charge in [0.25, 0.3) is 0 Å². The lowest BCUT2D eigenvalue weighted by atomic mass is 10.1. The Morgan fingerprint density at radius 1 is 0.804 bits per heavy atom. The van der Waals surface area contributed by atoms with Crippen LogP contribution in [0.15, 0.2) is 48.5 Å². The molecule has 0 aromatic heterocycles. The highest BCUT2D eigenvalue weighted by molar-refractivity contribution is 7.79. The summed E-state index contributed by atoms with van der Waals surface area (Å²) in [6, 6.07) is 12.1. The van der Waals surface area contributed by atoms with E-state index < -0.39 is 36.9 Å². The quantitative estimate of drug-likeness (QED) is 0.225. The van der Waals surface area contributed by atoms with Gasteiger partial charge in [-0.25, -0.2) is 9.59 Å². The van der Waals surface area contributed by atoms with Gasteiger partial charge < -0.3 is 34.9 Å². The van der Waals surface area contributed by atoms with Crippen molar-refractivity contribution >= 4 is 47.4 Å². The maximum Gasteiger partial charge on any atom is 0.328 e. The van der Waals surface area contributed by atoms with E-state index in [-0.39, 0.29) is 36.6 Å². The van der Waals surface area contributed by atoms with Crippen molar-refractivity contribution in [1.82, 2.24) is 20.9 Å². The number of amides is 3. The first kappa shape index (κ1) is 34.8. The molecular formula is C33H43N4O8P. The van der Waals surface area contributed by atoms with E-state index in [1.54, 1.807) is 53.4 Å². The number of carbonyl (C=O) groups is 5. The van der Waals surface area contributed by atoms with Gasteiger partial charge in [-0.05, 0) is 43.4 Å². The molecule has 46 heavy (non-hydrogen) atoms. The molecule has 0 bridgehead atoms. The van der Waals surface area contributed by atoms with Crippen LogP contribution in [-0.2, 0) is 50.9 Å². The van der Waals surface area contributed by atoms with Crippen LogP contribution in [0, 0.1) is 0 Å². The minimum atomic E-state index is -3.47. The molecule has 1 unspecified atom stereocenters. The highest BCUT2D eigenvalue weighted by Crippen LogP contribution is 2.54. The maximum atomic E-state index is 15.5. The molecule has 3 N–H and O–H groups in total. The van der Waals surface area contributed by atoms with Crippen LogP contribution in [0.1, 0.15) is 50.7 Å². The Hall–Kier alpha value is -4.02. The molecule has 0 radical (unpaired) electrons. The van der Waals surface area contributed by atoms with Gasteiger partial charge in [-0.15, -0.1) is 0 Å². The molecule has 0 spiro atoms. The van der Waals surface area contributed by atoms with Gasteiger partial charge in [0.15, 0.2) is 7.14 Å². The van der Waals surface area contributed by atoms with Crippen molar-refractivity contribution in [1.29, 1.82) is 0 Å². The van der Waals surface area contributed by atoms with Gasteiger partial charge in [0.2, 0.25) is 17.7 Å². The lowest BCUT2D eigenvalue weighted by Gasteiger charge is -2.34. The molecule has 4 atom stereocenters. The Morgan fingerprint density at radius 3 is 1.67 bits per heavy atom. The molecule has 2 saturated heterocycles. The summed E-state index contributed by atoms with van der Waals surface area (Å²) in [5.41, 5.74) is 1.47. The standard InChI is InChI=1S/C33H43N4O8P/c1-21(38)35-28(32(41)44-3)19-23-9-13-25(14-10-23)46(43,30-8-6-18-37(30)31(40)27-7-5-17-34-27)26-15-11-24(12-16-26)20-29(33(42)45-4)36-22(2)39/h9-16,27-30,34H,5-8,17-20H2,1-4H3,(H,35,38)(H,36,39)/t27-,28-,29-,30?/m0/s1. The first-order valence-electron chi connectivity index (χ1n) is 15.5. The Labute approximate surface area is 269 Å². The van der Waals surface area contributed by atoms with Gasteiger partial charge in [-0.3, -0.25) is 14.4 Å². The van der Waals surface area contributed by atoms with Crippen LogP contribution in [0.5, 0.6) is 0 Å². The third-order valence-electron chi connectivity index (χ3n) is 8.53. The molecule has 0 aliphatic carbocycles. The molecule has 2 aliphatic heterocycles. The molecule has 13 heteroatoms. The van der Waals surface area contributed by atoms with E-state index in [4.69, 9.17) is 9.47 Å².